The number of rotatable bonds is 13. The molecule has 256 valence electrons. The van der Waals surface area contributed by atoms with Crippen molar-refractivity contribution in [1.82, 2.24) is 29.4 Å². The van der Waals surface area contributed by atoms with E-state index in [2.05, 4.69) is 30.3 Å². The number of imidazole rings is 1. The summed E-state index contributed by atoms with van der Waals surface area (Å²) < 4.78 is 62.0. The fourth-order valence-electron chi connectivity index (χ4n) is 5.54. The van der Waals surface area contributed by atoms with E-state index in [1.54, 1.807) is 0 Å². The number of aliphatic hydroxyl groups is 2. The second-order valence-electron chi connectivity index (χ2n) is 12.1. The van der Waals surface area contributed by atoms with Crippen LogP contribution in [-0.2, 0) is 33.4 Å². The molecule has 2 aliphatic carbocycles. The highest BCUT2D eigenvalue weighted by atomic mass is 35.5. The van der Waals surface area contributed by atoms with Crippen LogP contribution >= 0.6 is 19.3 Å². The quantitative estimate of drug-likeness (QED) is 0.0971. The molecule has 2 aromatic heterocycles. The number of aliphatic hydroxyl groups excluding tert-OH is 1. The minimum absolute atomic E-state index is 0.0315. The van der Waals surface area contributed by atoms with Crippen LogP contribution in [0.25, 0.3) is 11.2 Å². The average molecular weight is 716 g/mol. The summed E-state index contributed by atoms with van der Waals surface area (Å²) in [5.74, 6) is -0.367. The van der Waals surface area contributed by atoms with E-state index in [0.717, 1.165) is 38.3 Å². The predicted molar refractivity (Wildman–Crippen MR) is 167 cm³/mol. The monoisotopic (exact) mass is 715 g/mol. The molecule has 5 N–H and O–H groups in total. The summed E-state index contributed by atoms with van der Waals surface area (Å²) in [5, 5.41) is 25.7. The van der Waals surface area contributed by atoms with Crippen LogP contribution in [0.15, 0.2) is 36.9 Å². The number of halogens is 1. The van der Waals surface area contributed by atoms with Crippen molar-refractivity contribution in [1.29, 1.82) is 0 Å². The number of nitrogens with zero attached hydrogens (tertiary/aromatic N) is 4. The van der Waals surface area contributed by atoms with Crippen molar-refractivity contribution in [3.8, 4) is 5.75 Å². The Kier molecular flexibility index (Phi) is 9.27. The molecule has 3 aliphatic rings. The number of anilines is 1. The van der Waals surface area contributed by atoms with E-state index in [1.165, 1.54) is 42.1 Å². The Hall–Kier alpha value is -2.93. The topological polar surface area (TPSA) is 225 Å². The van der Waals surface area contributed by atoms with Crippen LogP contribution in [0.2, 0.25) is 5.02 Å². The first-order valence-electron chi connectivity index (χ1n) is 14.8. The number of fused-ring (bicyclic) bond motifs is 1. The third kappa shape index (κ3) is 7.40. The molecule has 0 bridgehead atoms. The molecule has 3 fully saturated rings. The lowest BCUT2D eigenvalue weighted by atomic mass is 9.96. The molecule has 1 aromatic carbocycles. The summed E-state index contributed by atoms with van der Waals surface area (Å²) in [6.07, 6.45) is 3.25. The molecule has 2 saturated carbocycles. The van der Waals surface area contributed by atoms with Gasteiger partial charge in [-0.25, -0.2) is 27.9 Å². The molecule has 1 aliphatic heterocycles. The SMILES string of the molecule is C[C@]1(O)C(n2cnc3c(NNS(C)(=O)=O)ncnc32)OC(COP(=O)(NC2(C(=O)OC3CCCC3)CC2)Oc2ccc(Cl)cc2)[C@H]1O. The molecule has 3 aromatic rings. The summed E-state index contributed by atoms with van der Waals surface area (Å²) >= 11 is 6.00. The van der Waals surface area contributed by atoms with Gasteiger partial charge in [-0.2, -0.15) is 5.09 Å². The lowest BCUT2D eigenvalue weighted by molar-refractivity contribution is -0.152. The van der Waals surface area contributed by atoms with Gasteiger partial charge in [0.1, 0.15) is 41.5 Å². The van der Waals surface area contributed by atoms with Gasteiger partial charge in [0.15, 0.2) is 23.2 Å². The number of aromatic nitrogens is 4. The largest absolute Gasteiger partial charge is 0.461 e. The van der Waals surface area contributed by atoms with Gasteiger partial charge in [0.25, 0.3) is 0 Å². The molecule has 0 spiro atoms. The van der Waals surface area contributed by atoms with Crippen LogP contribution in [0.4, 0.5) is 5.82 Å². The molecule has 0 radical (unpaired) electrons. The predicted octanol–water partition coefficient (Wildman–Crippen LogP) is 2.18. The molecule has 17 nitrogen and oxygen atoms in total. The highest BCUT2D eigenvalue weighted by Gasteiger charge is 2.58. The smallest absolute Gasteiger partial charge is 0.459 e. The van der Waals surface area contributed by atoms with Crippen molar-refractivity contribution in [3.05, 3.63) is 41.9 Å². The Morgan fingerprint density at radius 1 is 1.19 bits per heavy atom. The molecule has 0 amide bonds. The Balaban J connectivity index is 1.21. The maximum Gasteiger partial charge on any atom is 0.459 e. The highest BCUT2D eigenvalue weighted by molar-refractivity contribution is 7.88. The molecule has 20 heteroatoms. The fourth-order valence-corrected chi connectivity index (χ4v) is 7.69. The number of benzene rings is 1. The van der Waals surface area contributed by atoms with E-state index in [-0.39, 0.29) is 28.8 Å². The van der Waals surface area contributed by atoms with Crippen LogP contribution in [-0.4, -0.2) is 86.4 Å². The van der Waals surface area contributed by atoms with Gasteiger partial charge in [-0.1, -0.05) is 11.6 Å². The molecule has 3 unspecified atom stereocenters. The van der Waals surface area contributed by atoms with E-state index in [4.69, 9.17) is 30.1 Å². The van der Waals surface area contributed by atoms with Gasteiger partial charge in [-0.3, -0.25) is 19.3 Å². The van der Waals surface area contributed by atoms with Gasteiger partial charge < -0.3 is 24.2 Å². The Bertz CT molecular complexity index is 1780. The van der Waals surface area contributed by atoms with E-state index < -0.39 is 59.9 Å². The molecule has 6 rings (SSSR count). The Morgan fingerprint density at radius 3 is 2.55 bits per heavy atom. The number of sulfonamides is 1. The van der Waals surface area contributed by atoms with Gasteiger partial charge in [-0.05, 0) is 69.7 Å². The zero-order valence-corrected chi connectivity index (χ0v) is 27.9. The standard InChI is InChI=1S/C27H35ClN7O10PS/c1-26(38)21(36)19(44-24(26)35-15-31-20-22(29-14-30-23(20)35)32-34-47(2,40)41)13-42-46(39,45-18-9-7-16(28)8-10-18)33-27(11-12-27)25(37)43-17-5-3-4-6-17/h7-10,14-15,17,19,21,24,34,36,38H,3-6,11-13H2,1-2H3,(H,33,39)(H,29,30,32)/t19?,21-,24?,26-,46?/m1/s1. The highest BCUT2D eigenvalue weighted by Crippen LogP contribution is 2.53. The van der Waals surface area contributed by atoms with Crippen molar-refractivity contribution >= 4 is 52.3 Å². The van der Waals surface area contributed by atoms with E-state index >= 15 is 0 Å². The first kappa shape index (κ1) is 34.0. The summed E-state index contributed by atoms with van der Waals surface area (Å²) in [6.45, 7) is 0.798. The lowest BCUT2D eigenvalue weighted by Gasteiger charge is -2.27. The first-order chi connectivity index (χ1) is 22.2. The van der Waals surface area contributed by atoms with E-state index in [9.17, 15) is 28.0 Å². The Labute approximate surface area is 274 Å². The number of hydrogen-bond acceptors (Lipinski definition) is 14. The van der Waals surface area contributed by atoms with Crippen LogP contribution in [0.3, 0.4) is 0 Å². The van der Waals surface area contributed by atoms with Crippen molar-refractivity contribution in [2.45, 2.75) is 81.1 Å². The lowest BCUT2D eigenvalue weighted by Crippen LogP contribution is -2.45. The van der Waals surface area contributed by atoms with Crippen molar-refractivity contribution in [3.63, 3.8) is 0 Å². The van der Waals surface area contributed by atoms with Gasteiger partial charge in [0.2, 0.25) is 10.0 Å². The summed E-state index contributed by atoms with van der Waals surface area (Å²) in [4.78, 5) is 27.7. The number of ether oxygens (including phenoxy) is 2. The van der Waals surface area contributed by atoms with Crippen molar-refractivity contribution in [2.75, 3.05) is 18.3 Å². The number of hydrogen-bond donors (Lipinski definition) is 5. The number of esters is 1. The molecule has 47 heavy (non-hydrogen) atoms. The Morgan fingerprint density at radius 2 is 1.89 bits per heavy atom. The molecular weight excluding hydrogens is 681 g/mol. The third-order valence-corrected chi connectivity index (χ3v) is 10.6. The van der Waals surface area contributed by atoms with Crippen LogP contribution in [0.1, 0.15) is 51.7 Å². The fraction of sp³-hybridized carbons (Fsp3) is 0.556. The second kappa shape index (κ2) is 12.8. The van der Waals surface area contributed by atoms with Crippen LogP contribution in [0.5, 0.6) is 5.75 Å². The average Bonchev–Trinajstić information content (AvgIpc) is 3.31. The number of carbonyl (C=O) groups is 1. The summed E-state index contributed by atoms with van der Waals surface area (Å²) in [6, 6.07) is 6.04. The third-order valence-electron chi connectivity index (χ3n) is 8.24. The van der Waals surface area contributed by atoms with Gasteiger partial charge in [0.05, 0.1) is 19.2 Å². The van der Waals surface area contributed by atoms with E-state index in [1.807, 2.05) is 0 Å². The van der Waals surface area contributed by atoms with Gasteiger partial charge >= 0.3 is 13.7 Å². The van der Waals surface area contributed by atoms with Crippen molar-refractivity contribution < 1.29 is 46.5 Å². The first-order valence-corrected chi connectivity index (χ1v) is 18.7. The second-order valence-corrected chi connectivity index (χ2v) is 15.9. The zero-order chi connectivity index (χ0) is 33.6. The van der Waals surface area contributed by atoms with Gasteiger partial charge in [-0.15, -0.1) is 4.83 Å². The molecule has 5 atom stereocenters. The minimum Gasteiger partial charge on any atom is -0.461 e. The maximum absolute atomic E-state index is 14.3. The summed E-state index contributed by atoms with van der Waals surface area (Å²) in [5.41, 5.74) is -0.482. The zero-order valence-electron chi connectivity index (χ0n) is 25.4. The molecule has 1 saturated heterocycles. The number of hydrazine groups is 1. The van der Waals surface area contributed by atoms with E-state index in [0.29, 0.717) is 17.9 Å². The normalized spacial score (nSPS) is 27.0. The maximum atomic E-state index is 14.3. The van der Waals surface area contributed by atoms with Gasteiger partial charge in [0, 0.05) is 5.02 Å². The molecular formula is C27H35ClN7O10PS. The molecule has 3 heterocycles. The number of carbonyl (C=O) groups excluding carboxylic acids is 1. The minimum atomic E-state index is -4.35. The summed E-state index contributed by atoms with van der Waals surface area (Å²) in [7, 11) is -7.98. The number of nitrogens with one attached hydrogen (secondary N) is 3. The van der Waals surface area contributed by atoms with Crippen LogP contribution < -0.4 is 19.9 Å². The van der Waals surface area contributed by atoms with Crippen molar-refractivity contribution in [2.24, 2.45) is 0 Å². The van der Waals surface area contributed by atoms with Crippen LogP contribution in [0, 0.1) is 0 Å².